The third-order valence-electron chi connectivity index (χ3n) is 3.10. The maximum absolute atomic E-state index is 11.1. The van der Waals surface area contributed by atoms with Crippen LogP contribution < -0.4 is 10.1 Å². The van der Waals surface area contributed by atoms with Gasteiger partial charge in [-0.25, -0.2) is 8.42 Å². The van der Waals surface area contributed by atoms with Gasteiger partial charge in [0.25, 0.3) is 0 Å². The molecule has 1 aromatic carbocycles. The number of nitrogens with one attached hydrogen (secondary N) is 1. The molecule has 0 radical (unpaired) electrons. The van der Waals surface area contributed by atoms with Crippen LogP contribution in [0.1, 0.15) is 11.1 Å². The van der Waals surface area contributed by atoms with Crippen LogP contribution in [0, 0.1) is 0 Å². The van der Waals surface area contributed by atoms with Gasteiger partial charge in [-0.2, -0.15) is 0 Å². The number of benzene rings is 1. The molecule has 0 aliphatic heterocycles. The van der Waals surface area contributed by atoms with E-state index in [-0.39, 0.29) is 5.75 Å². The summed E-state index contributed by atoms with van der Waals surface area (Å²) in [6.07, 6.45) is 4.68. The summed E-state index contributed by atoms with van der Waals surface area (Å²) in [5.41, 5.74) is 1.85. The van der Waals surface area contributed by atoms with Crippen molar-refractivity contribution in [1.29, 1.82) is 0 Å². The monoisotopic (exact) mass is 354 g/mol. The van der Waals surface area contributed by atoms with Gasteiger partial charge in [0.2, 0.25) is 0 Å². The molecule has 5 nitrogen and oxygen atoms in total. The van der Waals surface area contributed by atoms with Crippen LogP contribution in [0.2, 0.25) is 5.02 Å². The number of hydrogen-bond donors (Lipinski definition) is 1. The van der Waals surface area contributed by atoms with Crippen molar-refractivity contribution in [1.82, 2.24) is 10.3 Å². The number of sulfone groups is 1. The van der Waals surface area contributed by atoms with Crippen molar-refractivity contribution in [2.45, 2.75) is 13.2 Å². The zero-order valence-electron chi connectivity index (χ0n) is 12.8. The van der Waals surface area contributed by atoms with Crippen LogP contribution in [0.5, 0.6) is 5.75 Å². The van der Waals surface area contributed by atoms with E-state index in [1.807, 2.05) is 24.3 Å². The third kappa shape index (κ3) is 6.56. The number of aromatic nitrogens is 1. The molecule has 2 aromatic rings. The molecular formula is C16H19ClN2O3S. The van der Waals surface area contributed by atoms with Crippen molar-refractivity contribution in [3.05, 3.63) is 58.9 Å². The topological polar surface area (TPSA) is 68.3 Å². The fourth-order valence-electron chi connectivity index (χ4n) is 1.95. The van der Waals surface area contributed by atoms with Crippen molar-refractivity contribution in [2.75, 3.05) is 18.6 Å². The predicted octanol–water partition coefficient (Wildman–Crippen LogP) is 2.45. The first-order valence-electron chi connectivity index (χ1n) is 7.12. The van der Waals surface area contributed by atoms with E-state index >= 15 is 0 Å². The van der Waals surface area contributed by atoms with Gasteiger partial charge in [0.15, 0.2) is 0 Å². The summed E-state index contributed by atoms with van der Waals surface area (Å²) in [5, 5.41) is 3.70. The molecule has 0 amide bonds. The highest BCUT2D eigenvalue weighted by atomic mass is 35.5. The summed E-state index contributed by atoms with van der Waals surface area (Å²) in [7, 11) is -2.97. The zero-order chi connectivity index (χ0) is 16.7. The first-order chi connectivity index (χ1) is 10.9. The van der Waals surface area contributed by atoms with Gasteiger partial charge in [0.1, 0.15) is 22.2 Å². The minimum Gasteiger partial charge on any atom is -0.489 e. The molecule has 0 unspecified atom stereocenters. The molecule has 0 saturated carbocycles. The molecule has 1 aromatic heterocycles. The molecule has 1 heterocycles. The van der Waals surface area contributed by atoms with Gasteiger partial charge in [-0.15, -0.1) is 0 Å². The maximum atomic E-state index is 11.1. The van der Waals surface area contributed by atoms with E-state index in [2.05, 4.69) is 10.3 Å². The number of rotatable bonds is 8. The molecule has 124 valence electrons. The molecule has 1 N–H and O–H groups in total. The molecular weight excluding hydrogens is 336 g/mol. The zero-order valence-corrected chi connectivity index (χ0v) is 14.4. The fourth-order valence-corrected chi connectivity index (χ4v) is 2.66. The van der Waals surface area contributed by atoms with Gasteiger partial charge in [-0.05, 0) is 24.3 Å². The summed E-state index contributed by atoms with van der Waals surface area (Å²) in [6, 6.07) is 9.18. The van der Waals surface area contributed by atoms with E-state index in [9.17, 15) is 8.42 Å². The minimum absolute atomic E-state index is 0.0967. The molecule has 23 heavy (non-hydrogen) atoms. The number of ether oxygens (including phenoxy) is 1. The standard InChI is InChI=1S/C16H19ClN2O3S/c1-23(20,21)8-7-19-11-14-9-15(17)4-5-16(14)22-12-13-3-2-6-18-10-13/h2-6,9-10,19H,7-8,11-12H2,1H3. The summed E-state index contributed by atoms with van der Waals surface area (Å²) in [6.45, 7) is 1.28. The average molecular weight is 355 g/mol. The van der Waals surface area contributed by atoms with Gasteiger partial charge in [-0.3, -0.25) is 4.98 Å². The lowest BCUT2D eigenvalue weighted by Crippen LogP contribution is -2.22. The molecule has 7 heteroatoms. The molecule has 0 fully saturated rings. The van der Waals surface area contributed by atoms with Crippen LogP contribution in [0.3, 0.4) is 0 Å². The van der Waals surface area contributed by atoms with Crippen molar-refractivity contribution in [3.63, 3.8) is 0 Å². The summed E-state index contributed by atoms with van der Waals surface area (Å²) >= 11 is 6.03. The van der Waals surface area contributed by atoms with Crippen LogP contribution in [0.4, 0.5) is 0 Å². The van der Waals surface area contributed by atoms with Crippen LogP contribution in [-0.4, -0.2) is 32.0 Å². The molecule has 0 bridgehead atoms. The quantitative estimate of drug-likeness (QED) is 0.737. The summed E-state index contributed by atoms with van der Waals surface area (Å²) in [4.78, 5) is 4.05. The summed E-state index contributed by atoms with van der Waals surface area (Å²) < 4.78 is 28.1. The second kappa shape index (κ2) is 8.29. The maximum Gasteiger partial charge on any atom is 0.148 e. The Kier molecular flexibility index (Phi) is 6.38. The SMILES string of the molecule is CS(=O)(=O)CCNCc1cc(Cl)ccc1OCc1cccnc1. The van der Waals surface area contributed by atoms with Crippen molar-refractivity contribution in [2.24, 2.45) is 0 Å². The third-order valence-corrected chi connectivity index (χ3v) is 4.29. The molecule has 0 spiro atoms. The molecule has 0 atom stereocenters. The largest absolute Gasteiger partial charge is 0.489 e. The fraction of sp³-hybridized carbons (Fsp3) is 0.312. The van der Waals surface area contributed by atoms with E-state index < -0.39 is 9.84 Å². The van der Waals surface area contributed by atoms with Gasteiger partial charge < -0.3 is 10.1 Å². The van der Waals surface area contributed by atoms with Crippen LogP contribution >= 0.6 is 11.6 Å². The number of pyridine rings is 1. The Morgan fingerprint density at radius 2 is 2.13 bits per heavy atom. The Morgan fingerprint density at radius 1 is 1.30 bits per heavy atom. The van der Waals surface area contributed by atoms with Gasteiger partial charge in [0, 0.05) is 47.9 Å². The summed E-state index contributed by atoms with van der Waals surface area (Å²) in [5.74, 6) is 0.810. The highest BCUT2D eigenvalue weighted by molar-refractivity contribution is 7.90. The minimum atomic E-state index is -2.97. The van der Waals surface area contributed by atoms with Gasteiger partial charge in [-0.1, -0.05) is 17.7 Å². The lowest BCUT2D eigenvalue weighted by atomic mass is 10.2. The normalized spacial score (nSPS) is 11.4. The highest BCUT2D eigenvalue weighted by Crippen LogP contribution is 2.23. The van der Waals surface area contributed by atoms with Crippen molar-refractivity contribution in [3.8, 4) is 5.75 Å². The van der Waals surface area contributed by atoms with E-state index in [0.717, 1.165) is 11.1 Å². The second-order valence-electron chi connectivity index (χ2n) is 5.21. The Morgan fingerprint density at radius 3 is 2.83 bits per heavy atom. The Bertz CT molecular complexity index is 736. The lowest BCUT2D eigenvalue weighted by molar-refractivity contribution is 0.302. The predicted molar refractivity (Wildman–Crippen MR) is 91.4 cm³/mol. The molecule has 0 saturated heterocycles. The first kappa shape index (κ1) is 17.7. The van der Waals surface area contributed by atoms with E-state index in [1.54, 1.807) is 18.5 Å². The van der Waals surface area contributed by atoms with Crippen molar-refractivity contribution >= 4 is 21.4 Å². The average Bonchev–Trinajstić information content (AvgIpc) is 2.51. The van der Waals surface area contributed by atoms with E-state index in [4.69, 9.17) is 16.3 Å². The van der Waals surface area contributed by atoms with Crippen LogP contribution in [0.25, 0.3) is 0 Å². The number of hydrogen-bond acceptors (Lipinski definition) is 5. The van der Waals surface area contributed by atoms with E-state index in [0.29, 0.717) is 30.5 Å². The van der Waals surface area contributed by atoms with Crippen LogP contribution in [0.15, 0.2) is 42.7 Å². The smallest absolute Gasteiger partial charge is 0.148 e. The molecule has 2 rings (SSSR count). The number of halogens is 1. The lowest BCUT2D eigenvalue weighted by Gasteiger charge is -2.12. The van der Waals surface area contributed by atoms with Gasteiger partial charge in [0.05, 0.1) is 5.75 Å². The Balaban J connectivity index is 1.96. The number of nitrogens with zero attached hydrogens (tertiary/aromatic N) is 1. The Labute approximate surface area is 141 Å². The highest BCUT2D eigenvalue weighted by Gasteiger charge is 2.07. The molecule has 0 aliphatic carbocycles. The van der Waals surface area contributed by atoms with Crippen molar-refractivity contribution < 1.29 is 13.2 Å². The van der Waals surface area contributed by atoms with Gasteiger partial charge >= 0.3 is 0 Å². The second-order valence-corrected chi connectivity index (χ2v) is 7.90. The van der Waals surface area contributed by atoms with E-state index in [1.165, 1.54) is 6.26 Å². The van der Waals surface area contributed by atoms with Crippen LogP contribution in [-0.2, 0) is 23.0 Å². The Hall–Kier alpha value is -1.63. The first-order valence-corrected chi connectivity index (χ1v) is 9.56. The molecule has 0 aliphatic rings.